The molecule has 1 heterocycles. The largest absolute Gasteiger partial charge is 0.468 e. The summed E-state index contributed by atoms with van der Waals surface area (Å²) in [5.41, 5.74) is 6.59. The van der Waals surface area contributed by atoms with Crippen molar-refractivity contribution < 1.29 is 19.0 Å². The van der Waals surface area contributed by atoms with E-state index in [-0.39, 0.29) is 6.79 Å². The second-order valence-electron chi connectivity index (χ2n) is 3.63. The van der Waals surface area contributed by atoms with Crippen molar-refractivity contribution in [2.75, 3.05) is 13.9 Å². The van der Waals surface area contributed by atoms with Gasteiger partial charge in [-0.1, -0.05) is 15.9 Å². The fraction of sp³-hybridized carbons (Fsp3) is 0.364. The highest BCUT2D eigenvalue weighted by molar-refractivity contribution is 9.10. The molecule has 1 unspecified atom stereocenters. The molecule has 0 bridgehead atoms. The number of carbonyl (C=O) groups excluding carboxylic acids is 1. The van der Waals surface area contributed by atoms with Crippen LogP contribution in [0.4, 0.5) is 0 Å². The quantitative estimate of drug-likeness (QED) is 0.850. The molecule has 2 N–H and O–H groups in total. The van der Waals surface area contributed by atoms with Gasteiger partial charge >= 0.3 is 5.97 Å². The lowest BCUT2D eigenvalue weighted by atomic mass is 10.1. The molecular formula is C11H12BrNO4. The van der Waals surface area contributed by atoms with E-state index in [1.165, 1.54) is 7.11 Å². The zero-order chi connectivity index (χ0) is 12.4. The van der Waals surface area contributed by atoms with E-state index < -0.39 is 12.0 Å². The maximum Gasteiger partial charge on any atom is 0.322 e. The number of hydrogen-bond donors (Lipinski definition) is 1. The molecule has 2 rings (SSSR count). The first-order valence-electron chi connectivity index (χ1n) is 5.03. The Labute approximate surface area is 107 Å². The average molecular weight is 302 g/mol. The predicted octanol–water partition coefficient (Wildman–Crippen LogP) is 1.22. The summed E-state index contributed by atoms with van der Waals surface area (Å²) in [5, 5.41) is 0. The molecule has 1 aromatic carbocycles. The molecule has 0 saturated carbocycles. The maximum absolute atomic E-state index is 11.2. The molecule has 0 spiro atoms. The lowest BCUT2D eigenvalue weighted by Crippen LogP contribution is -2.33. The van der Waals surface area contributed by atoms with Crippen LogP contribution >= 0.6 is 15.9 Å². The van der Waals surface area contributed by atoms with Crippen LogP contribution in [-0.2, 0) is 16.0 Å². The van der Waals surface area contributed by atoms with Crippen LogP contribution in [0.2, 0.25) is 0 Å². The topological polar surface area (TPSA) is 70.8 Å². The first-order chi connectivity index (χ1) is 8.11. The molecule has 1 aromatic rings. The van der Waals surface area contributed by atoms with Gasteiger partial charge in [0.25, 0.3) is 0 Å². The Bertz CT molecular complexity index is 449. The highest BCUT2D eigenvalue weighted by Crippen LogP contribution is 2.37. The van der Waals surface area contributed by atoms with Gasteiger partial charge < -0.3 is 19.9 Å². The fourth-order valence-corrected chi connectivity index (χ4v) is 2.07. The summed E-state index contributed by atoms with van der Waals surface area (Å²) >= 11 is 3.41. The van der Waals surface area contributed by atoms with Crippen molar-refractivity contribution in [2.45, 2.75) is 12.5 Å². The SMILES string of the molecule is COC(=O)C(N)Cc1cc2c(cc1Br)OCO2. The van der Waals surface area contributed by atoms with Gasteiger partial charge in [-0.3, -0.25) is 4.79 Å². The van der Waals surface area contributed by atoms with Crippen LogP contribution in [0.3, 0.4) is 0 Å². The number of benzene rings is 1. The van der Waals surface area contributed by atoms with Crippen LogP contribution in [0.25, 0.3) is 0 Å². The predicted molar refractivity (Wildman–Crippen MR) is 64.0 cm³/mol. The van der Waals surface area contributed by atoms with Gasteiger partial charge in [0.05, 0.1) is 7.11 Å². The molecule has 5 nitrogen and oxygen atoms in total. The van der Waals surface area contributed by atoms with Crippen molar-refractivity contribution in [3.63, 3.8) is 0 Å². The monoisotopic (exact) mass is 301 g/mol. The smallest absolute Gasteiger partial charge is 0.322 e. The summed E-state index contributed by atoms with van der Waals surface area (Å²) in [7, 11) is 1.32. The summed E-state index contributed by atoms with van der Waals surface area (Å²) < 4.78 is 15.9. The number of rotatable bonds is 3. The second-order valence-corrected chi connectivity index (χ2v) is 4.48. The summed E-state index contributed by atoms with van der Waals surface area (Å²) in [5.74, 6) is 0.919. The van der Waals surface area contributed by atoms with Crippen molar-refractivity contribution >= 4 is 21.9 Å². The standard InChI is InChI=1S/C11H12BrNO4/c1-15-11(14)8(13)2-6-3-9-10(4-7(6)12)17-5-16-9/h3-4,8H,2,5,13H2,1H3. The van der Waals surface area contributed by atoms with E-state index in [0.717, 1.165) is 10.0 Å². The summed E-state index contributed by atoms with van der Waals surface area (Å²) in [4.78, 5) is 11.2. The molecule has 17 heavy (non-hydrogen) atoms. The number of fused-ring (bicyclic) bond motifs is 1. The average Bonchev–Trinajstić information content (AvgIpc) is 2.75. The third kappa shape index (κ3) is 2.53. The molecule has 0 aliphatic carbocycles. The van der Waals surface area contributed by atoms with E-state index >= 15 is 0 Å². The number of ether oxygens (including phenoxy) is 3. The lowest BCUT2D eigenvalue weighted by Gasteiger charge is -2.11. The van der Waals surface area contributed by atoms with Crippen LogP contribution in [0.15, 0.2) is 16.6 Å². The number of methoxy groups -OCH3 is 1. The van der Waals surface area contributed by atoms with Gasteiger partial charge in [0, 0.05) is 4.47 Å². The second kappa shape index (κ2) is 4.93. The van der Waals surface area contributed by atoms with Gasteiger partial charge in [-0.2, -0.15) is 0 Å². The molecule has 0 radical (unpaired) electrons. The Morgan fingerprint density at radius 1 is 1.53 bits per heavy atom. The molecule has 0 amide bonds. The minimum absolute atomic E-state index is 0.217. The zero-order valence-corrected chi connectivity index (χ0v) is 10.8. The van der Waals surface area contributed by atoms with Crippen molar-refractivity contribution in [1.29, 1.82) is 0 Å². The van der Waals surface area contributed by atoms with Crippen molar-refractivity contribution in [2.24, 2.45) is 5.73 Å². The Balaban J connectivity index is 2.19. The summed E-state index contributed by atoms with van der Waals surface area (Å²) in [6, 6.07) is 2.94. The van der Waals surface area contributed by atoms with E-state index in [1.54, 1.807) is 0 Å². The van der Waals surface area contributed by atoms with E-state index in [4.69, 9.17) is 15.2 Å². The number of halogens is 1. The first-order valence-corrected chi connectivity index (χ1v) is 5.82. The first kappa shape index (κ1) is 12.2. The molecule has 0 saturated heterocycles. The van der Waals surface area contributed by atoms with Gasteiger partial charge in [0.1, 0.15) is 6.04 Å². The molecular weight excluding hydrogens is 290 g/mol. The van der Waals surface area contributed by atoms with Crippen molar-refractivity contribution in [3.8, 4) is 11.5 Å². The van der Waals surface area contributed by atoms with Crippen molar-refractivity contribution in [1.82, 2.24) is 0 Å². The number of esters is 1. The van der Waals surface area contributed by atoms with Crippen LogP contribution in [0, 0.1) is 0 Å². The number of carbonyl (C=O) groups is 1. The normalized spacial score (nSPS) is 14.5. The van der Waals surface area contributed by atoms with Gasteiger partial charge in [-0.05, 0) is 24.1 Å². The highest BCUT2D eigenvalue weighted by atomic mass is 79.9. The Hall–Kier alpha value is -1.27. The van der Waals surface area contributed by atoms with Crippen LogP contribution in [0.1, 0.15) is 5.56 Å². The zero-order valence-electron chi connectivity index (χ0n) is 9.23. The van der Waals surface area contributed by atoms with Gasteiger partial charge in [0.15, 0.2) is 11.5 Å². The molecule has 1 aliphatic heterocycles. The molecule has 6 heteroatoms. The van der Waals surface area contributed by atoms with Crippen molar-refractivity contribution in [3.05, 3.63) is 22.2 Å². The Morgan fingerprint density at radius 2 is 2.18 bits per heavy atom. The third-order valence-corrected chi connectivity index (χ3v) is 3.22. The van der Waals surface area contributed by atoms with Gasteiger partial charge in [0.2, 0.25) is 6.79 Å². The van der Waals surface area contributed by atoms with E-state index in [1.807, 2.05) is 12.1 Å². The molecule has 0 fully saturated rings. The summed E-state index contributed by atoms with van der Waals surface area (Å²) in [6.07, 6.45) is 0.379. The van der Waals surface area contributed by atoms with E-state index in [2.05, 4.69) is 20.7 Å². The van der Waals surface area contributed by atoms with Gasteiger partial charge in [-0.15, -0.1) is 0 Å². The maximum atomic E-state index is 11.2. The lowest BCUT2D eigenvalue weighted by molar-refractivity contribution is -0.142. The third-order valence-electron chi connectivity index (χ3n) is 2.49. The molecule has 0 aromatic heterocycles. The number of nitrogens with two attached hydrogens (primary N) is 1. The minimum atomic E-state index is -0.684. The Kier molecular flexibility index (Phi) is 3.54. The molecule has 1 aliphatic rings. The fourth-order valence-electron chi connectivity index (χ4n) is 1.59. The molecule has 1 atom stereocenters. The van der Waals surface area contributed by atoms with Gasteiger partial charge in [-0.25, -0.2) is 0 Å². The Morgan fingerprint density at radius 3 is 2.82 bits per heavy atom. The molecule has 92 valence electrons. The van der Waals surface area contributed by atoms with E-state index in [9.17, 15) is 4.79 Å². The van der Waals surface area contributed by atoms with Crippen LogP contribution in [-0.4, -0.2) is 25.9 Å². The van der Waals surface area contributed by atoms with E-state index in [0.29, 0.717) is 17.9 Å². The van der Waals surface area contributed by atoms with Crippen LogP contribution < -0.4 is 15.2 Å². The minimum Gasteiger partial charge on any atom is -0.468 e. The summed E-state index contributed by atoms with van der Waals surface area (Å²) in [6.45, 7) is 0.217. The number of hydrogen-bond acceptors (Lipinski definition) is 5. The highest BCUT2D eigenvalue weighted by Gasteiger charge is 2.20. The van der Waals surface area contributed by atoms with Crippen LogP contribution in [0.5, 0.6) is 11.5 Å².